The van der Waals surface area contributed by atoms with Crippen LogP contribution in [-0.2, 0) is 16.0 Å². The third kappa shape index (κ3) is 3.65. The standard InChI is InChI=1S/C24H26N2O3/c1-4-29-22(27)14-16(2)26-24(18-8-6-5-7-9-18)20-13-11-17-10-12-19(28-3)15-21(17)23(20)25-26/h5-10,12,14-15,20,24H,4,11,13H2,1-3H3/b16-14+/t20-,24-/m1/s1. The molecule has 2 aromatic rings. The van der Waals surface area contributed by atoms with Gasteiger partial charge in [0, 0.05) is 23.3 Å². The van der Waals surface area contributed by atoms with Crippen LogP contribution in [0.1, 0.15) is 43.0 Å². The second-order valence-electron chi connectivity index (χ2n) is 7.39. The summed E-state index contributed by atoms with van der Waals surface area (Å²) < 4.78 is 10.6. The van der Waals surface area contributed by atoms with E-state index in [1.54, 1.807) is 7.11 Å². The summed E-state index contributed by atoms with van der Waals surface area (Å²) in [6.45, 7) is 4.08. The Balaban J connectivity index is 1.79. The van der Waals surface area contributed by atoms with Crippen LogP contribution in [0.3, 0.4) is 0 Å². The number of benzene rings is 2. The maximum atomic E-state index is 12.1. The number of hydrogen-bond acceptors (Lipinski definition) is 5. The van der Waals surface area contributed by atoms with Gasteiger partial charge in [-0.2, -0.15) is 5.10 Å². The Kier molecular flexibility index (Phi) is 5.38. The maximum absolute atomic E-state index is 12.1. The second kappa shape index (κ2) is 8.11. The molecule has 4 rings (SSSR count). The Morgan fingerprint density at radius 3 is 2.76 bits per heavy atom. The van der Waals surface area contributed by atoms with Gasteiger partial charge in [-0.15, -0.1) is 0 Å². The fourth-order valence-corrected chi connectivity index (χ4v) is 4.31. The molecule has 0 unspecified atom stereocenters. The van der Waals surface area contributed by atoms with Gasteiger partial charge < -0.3 is 9.47 Å². The van der Waals surface area contributed by atoms with E-state index < -0.39 is 0 Å². The Morgan fingerprint density at radius 2 is 2.03 bits per heavy atom. The van der Waals surface area contributed by atoms with E-state index in [0.717, 1.165) is 35.6 Å². The molecule has 0 radical (unpaired) electrons. The summed E-state index contributed by atoms with van der Waals surface area (Å²) in [5.41, 5.74) is 5.48. The maximum Gasteiger partial charge on any atom is 0.332 e. The number of rotatable bonds is 5. The van der Waals surface area contributed by atoms with Crippen molar-refractivity contribution in [2.75, 3.05) is 13.7 Å². The van der Waals surface area contributed by atoms with Crippen LogP contribution in [0, 0.1) is 5.92 Å². The summed E-state index contributed by atoms with van der Waals surface area (Å²) in [7, 11) is 1.68. The van der Waals surface area contributed by atoms with Crippen LogP contribution in [0.5, 0.6) is 5.75 Å². The van der Waals surface area contributed by atoms with Crippen LogP contribution in [0.15, 0.2) is 65.4 Å². The number of allylic oxidation sites excluding steroid dienone is 1. The van der Waals surface area contributed by atoms with E-state index in [0.29, 0.717) is 6.61 Å². The number of hydrogen-bond donors (Lipinski definition) is 0. The van der Waals surface area contributed by atoms with Crippen molar-refractivity contribution in [1.82, 2.24) is 5.01 Å². The predicted octanol–water partition coefficient (Wildman–Crippen LogP) is 4.49. The lowest BCUT2D eigenvalue weighted by molar-refractivity contribution is -0.137. The molecule has 0 saturated heterocycles. The summed E-state index contributed by atoms with van der Waals surface area (Å²) in [5.74, 6) is 0.747. The van der Waals surface area contributed by atoms with Crippen molar-refractivity contribution in [3.05, 3.63) is 77.0 Å². The van der Waals surface area contributed by atoms with Crippen LogP contribution >= 0.6 is 0 Å². The van der Waals surface area contributed by atoms with Crippen molar-refractivity contribution < 1.29 is 14.3 Å². The quantitative estimate of drug-likeness (QED) is 0.558. The number of ether oxygens (including phenoxy) is 2. The van der Waals surface area contributed by atoms with Crippen molar-refractivity contribution in [3.8, 4) is 5.75 Å². The van der Waals surface area contributed by atoms with E-state index in [1.807, 2.05) is 31.0 Å². The first-order valence-corrected chi connectivity index (χ1v) is 10.1. The van der Waals surface area contributed by atoms with Gasteiger partial charge in [-0.3, -0.25) is 5.01 Å². The zero-order chi connectivity index (χ0) is 20.4. The third-order valence-corrected chi connectivity index (χ3v) is 5.64. The number of esters is 1. The smallest absolute Gasteiger partial charge is 0.332 e. The molecule has 150 valence electrons. The molecule has 1 aliphatic heterocycles. The molecule has 1 aliphatic carbocycles. The lowest BCUT2D eigenvalue weighted by Gasteiger charge is -2.31. The molecule has 0 N–H and O–H groups in total. The highest BCUT2D eigenvalue weighted by Crippen LogP contribution is 2.45. The molecule has 0 fully saturated rings. The molecule has 2 aliphatic rings. The van der Waals surface area contributed by atoms with Crippen molar-refractivity contribution in [3.63, 3.8) is 0 Å². The minimum atomic E-state index is -0.339. The number of aryl methyl sites for hydroxylation is 1. The fraction of sp³-hybridized carbons (Fsp3) is 0.333. The molecule has 0 bridgehead atoms. The molecule has 2 atom stereocenters. The molecular weight excluding hydrogens is 364 g/mol. The first-order valence-electron chi connectivity index (χ1n) is 10.1. The van der Waals surface area contributed by atoms with Gasteiger partial charge in [0.05, 0.1) is 25.5 Å². The van der Waals surface area contributed by atoms with Gasteiger partial charge in [0.2, 0.25) is 0 Å². The number of hydrazone groups is 1. The van der Waals surface area contributed by atoms with Crippen molar-refractivity contribution in [2.45, 2.75) is 32.7 Å². The van der Waals surface area contributed by atoms with Crippen LogP contribution in [0.2, 0.25) is 0 Å². The van der Waals surface area contributed by atoms with Gasteiger partial charge in [-0.1, -0.05) is 36.4 Å². The van der Waals surface area contributed by atoms with E-state index in [-0.39, 0.29) is 17.9 Å². The minimum Gasteiger partial charge on any atom is -0.497 e. The lowest BCUT2D eigenvalue weighted by Crippen LogP contribution is -2.28. The average molecular weight is 390 g/mol. The average Bonchev–Trinajstić information content (AvgIpc) is 3.14. The lowest BCUT2D eigenvalue weighted by atomic mass is 9.77. The number of nitrogens with zero attached hydrogens (tertiary/aromatic N) is 2. The Bertz CT molecular complexity index is 965. The SMILES string of the molecule is CCOC(=O)/C=C(\C)N1N=C2c3cc(OC)ccc3CC[C@H]2[C@H]1c1ccccc1. The first kappa shape index (κ1) is 19.2. The molecule has 0 amide bonds. The highest BCUT2D eigenvalue weighted by molar-refractivity contribution is 6.06. The number of carbonyl (C=O) groups excluding carboxylic acids is 1. The zero-order valence-electron chi connectivity index (χ0n) is 17.1. The molecule has 0 spiro atoms. The fourth-order valence-electron chi connectivity index (χ4n) is 4.31. The first-order chi connectivity index (χ1) is 14.1. The Labute approximate surface area is 171 Å². The van der Waals surface area contributed by atoms with Crippen molar-refractivity contribution in [2.24, 2.45) is 11.0 Å². The van der Waals surface area contributed by atoms with Crippen LogP contribution in [-0.4, -0.2) is 30.4 Å². The zero-order valence-corrected chi connectivity index (χ0v) is 17.1. The Morgan fingerprint density at radius 1 is 1.24 bits per heavy atom. The molecule has 0 saturated carbocycles. The summed E-state index contributed by atoms with van der Waals surface area (Å²) in [5, 5.41) is 7.00. The highest BCUT2D eigenvalue weighted by atomic mass is 16.5. The normalized spacial score (nSPS) is 20.6. The van der Waals surface area contributed by atoms with Crippen molar-refractivity contribution in [1.29, 1.82) is 0 Å². The van der Waals surface area contributed by atoms with Gasteiger partial charge in [-0.05, 0) is 49.9 Å². The molecule has 1 heterocycles. The molecule has 0 aromatic heterocycles. The van der Waals surface area contributed by atoms with E-state index in [1.165, 1.54) is 17.2 Å². The molecule has 5 heteroatoms. The van der Waals surface area contributed by atoms with Gasteiger partial charge in [0.15, 0.2) is 0 Å². The minimum absolute atomic E-state index is 0.0521. The largest absolute Gasteiger partial charge is 0.497 e. The van der Waals surface area contributed by atoms with Crippen molar-refractivity contribution >= 4 is 11.7 Å². The predicted molar refractivity (Wildman–Crippen MR) is 113 cm³/mol. The molecule has 2 aromatic carbocycles. The molecular formula is C24H26N2O3. The number of methoxy groups -OCH3 is 1. The Hall–Kier alpha value is -3.08. The summed E-state index contributed by atoms with van der Waals surface area (Å²) in [6, 6.07) is 16.7. The number of carbonyl (C=O) groups is 1. The van der Waals surface area contributed by atoms with Gasteiger partial charge >= 0.3 is 5.97 Å². The summed E-state index contributed by atoms with van der Waals surface area (Å²) >= 11 is 0. The topological polar surface area (TPSA) is 51.1 Å². The van der Waals surface area contributed by atoms with E-state index in [2.05, 4.69) is 36.4 Å². The summed E-state index contributed by atoms with van der Waals surface area (Å²) in [4.78, 5) is 12.1. The van der Waals surface area contributed by atoms with Crippen LogP contribution < -0.4 is 4.74 Å². The van der Waals surface area contributed by atoms with Crippen LogP contribution in [0.25, 0.3) is 0 Å². The summed E-state index contributed by atoms with van der Waals surface area (Å²) in [6.07, 6.45) is 3.55. The van der Waals surface area contributed by atoms with E-state index in [4.69, 9.17) is 14.6 Å². The van der Waals surface area contributed by atoms with Gasteiger partial charge in [0.1, 0.15) is 5.75 Å². The second-order valence-corrected chi connectivity index (χ2v) is 7.39. The molecule has 5 nitrogen and oxygen atoms in total. The monoisotopic (exact) mass is 390 g/mol. The van der Waals surface area contributed by atoms with E-state index in [9.17, 15) is 4.79 Å². The third-order valence-electron chi connectivity index (χ3n) is 5.64. The highest BCUT2D eigenvalue weighted by Gasteiger charge is 2.42. The molecule has 29 heavy (non-hydrogen) atoms. The number of fused-ring (bicyclic) bond motifs is 3. The van der Waals surface area contributed by atoms with Crippen LogP contribution in [0.4, 0.5) is 0 Å². The van der Waals surface area contributed by atoms with E-state index >= 15 is 0 Å². The van der Waals surface area contributed by atoms with Gasteiger partial charge in [0.25, 0.3) is 0 Å². The van der Waals surface area contributed by atoms with Gasteiger partial charge in [-0.25, -0.2) is 4.79 Å².